The Balaban J connectivity index is 1.56. The van der Waals surface area contributed by atoms with E-state index in [4.69, 9.17) is 0 Å². The van der Waals surface area contributed by atoms with Crippen LogP contribution in [0.1, 0.15) is 46.0 Å². The summed E-state index contributed by atoms with van der Waals surface area (Å²) in [4.78, 5) is 2.73. The van der Waals surface area contributed by atoms with E-state index in [-0.39, 0.29) is 0 Å². The summed E-state index contributed by atoms with van der Waals surface area (Å²) in [5.74, 6) is 2.11. The van der Waals surface area contributed by atoms with Crippen molar-refractivity contribution in [3.8, 4) is 0 Å². The molecule has 0 atom stereocenters. The lowest BCUT2D eigenvalue weighted by Crippen LogP contribution is -2.32. The van der Waals surface area contributed by atoms with Gasteiger partial charge in [-0.05, 0) is 57.0 Å². The highest BCUT2D eigenvalue weighted by atomic mass is 15.1. The van der Waals surface area contributed by atoms with Crippen LogP contribution in [0.4, 0.5) is 0 Å². The maximum Gasteiger partial charge on any atom is 0.00103 e. The van der Waals surface area contributed by atoms with Crippen molar-refractivity contribution >= 4 is 0 Å². The highest BCUT2D eigenvalue weighted by molar-refractivity contribution is 4.82. The topological polar surface area (TPSA) is 15.3 Å². The molecule has 0 heterocycles. The van der Waals surface area contributed by atoms with Crippen LogP contribution in [-0.4, -0.2) is 37.1 Å². The highest BCUT2D eigenvalue weighted by Gasteiger charge is 2.28. The van der Waals surface area contributed by atoms with Crippen LogP contribution in [0, 0.1) is 11.8 Å². The third-order valence-corrected chi connectivity index (χ3v) is 3.63. The van der Waals surface area contributed by atoms with E-state index in [0.29, 0.717) is 6.04 Å². The molecule has 2 rings (SSSR count). The summed E-state index contributed by atoms with van der Waals surface area (Å²) >= 11 is 0. The Morgan fingerprint density at radius 1 is 1.06 bits per heavy atom. The molecule has 0 aliphatic heterocycles. The van der Waals surface area contributed by atoms with Crippen LogP contribution in [0.25, 0.3) is 0 Å². The van der Waals surface area contributed by atoms with E-state index in [1.807, 2.05) is 0 Å². The molecule has 0 unspecified atom stereocenters. The molecule has 94 valence electrons. The molecule has 2 heteroatoms. The van der Waals surface area contributed by atoms with Gasteiger partial charge in [-0.2, -0.15) is 0 Å². The van der Waals surface area contributed by atoms with Gasteiger partial charge in [0, 0.05) is 19.1 Å². The van der Waals surface area contributed by atoms with Crippen LogP contribution in [0.5, 0.6) is 0 Å². The van der Waals surface area contributed by atoms with Gasteiger partial charge in [0.1, 0.15) is 0 Å². The van der Waals surface area contributed by atoms with Gasteiger partial charge in [0.05, 0.1) is 0 Å². The molecular formula is C14H28N2. The average molecular weight is 224 g/mol. The molecule has 0 spiro atoms. The lowest BCUT2D eigenvalue weighted by atomic mass is 10.2. The predicted molar refractivity (Wildman–Crippen MR) is 69.6 cm³/mol. The molecule has 0 aromatic heterocycles. The summed E-state index contributed by atoms with van der Waals surface area (Å²) in [6, 6.07) is 0.639. The van der Waals surface area contributed by atoms with Gasteiger partial charge in [-0.15, -0.1) is 0 Å². The molecule has 1 N–H and O–H groups in total. The Bertz CT molecular complexity index is 181. The maximum atomic E-state index is 3.51. The van der Waals surface area contributed by atoms with Crippen molar-refractivity contribution < 1.29 is 0 Å². The molecule has 0 saturated heterocycles. The molecule has 2 fully saturated rings. The lowest BCUT2D eigenvalue weighted by molar-refractivity contribution is 0.248. The quantitative estimate of drug-likeness (QED) is 0.605. The van der Waals surface area contributed by atoms with E-state index in [0.717, 1.165) is 11.8 Å². The fourth-order valence-electron chi connectivity index (χ4n) is 2.28. The fourth-order valence-corrected chi connectivity index (χ4v) is 2.28. The van der Waals surface area contributed by atoms with Crippen molar-refractivity contribution in [2.24, 2.45) is 11.8 Å². The third-order valence-electron chi connectivity index (χ3n) is 3.63. The molecule has 2 nitrogen and oxygen atoms in total. The smallest absolute Gasteiger partial charge is 0.00103 e. The third kappa shape index (κ3) is 5.31. The van der Waals surface area contributed by atoms with Gasteiger partial charge >= 0.3 is 0 Å². The van der Waals surface area contributed by atoms with Crippen molar-refractivity contribution in [3.63, 3.8) is 0 Å². The molecule has 0 amide bonds. The van der Waals surface area contributed by atoms with Gasteiger partial charge in [-0.1, -0.05) is 13.8 Å². The Kier molecular flexibility index (Phi) is 4.66. The van der Waals surface area contributed by atoms with Gasteiger partial charge in [0.15, 0.2) is 0 Å². The second kappa shape index (κ2) is 6.02. The number of hydrogen-bond acceptors (Lipinski definition) is 2. The van der Waals surface area contributed by atoms with Crippen LogP contribution < -0.4 is 5.32 Å². The zero-order chi connectivity index (χ0) is 11.4. The van der Waals surface area contributed by atoms with Crippen molar-refractivity contribution in [1.29, 1.82) is 0 Å². The Labute approximate surface area is 101 Å². The number of nitrogens with zero attached hydrogens (tertiary/aromatic N) is 1. The zero-order valence-electron chi connectivity index (χ0n) is 11.0. The highest BCUT2D eigenvalue weighted by Crippen LogP contribution is 2.33. The molecular weight excluding hydrogens is 196 g/mol. The second-order valence-corrected chi connectivity index (χ2v) is 6.11. The molecule has 0 radical (unpaired) electrons. The minimum atomic E-state index is 0.639. The normalized spacial score (nSPS) is 21.0. The van der Waals surface area contributed by atoms with Gasteiger partial charge in [0.2, 0.25) is 0 Å². The summed E-state index contributed by atoms with van der Waals surface area (Å²) in [7, 11) is 0. The number of nitrogens with one attached hydrogen (secondary N) is 1. The second-order valence-electron chi connectivity index (χ2n) is 6.11. The van der Waals surface area contributed by atoms with Crippen LogP contribution in [0.15, 0.2) is 0 Å². The Morgan fingerprint density at radius 3 is 2.06 bits per heavy atom. The molecule has 2 saturated carbocycles. The Morgan fingerprint density at radius 2 is 1.62 bits per heavy atom. The fraction of sp³-hybridized carbons (Fsp3) is 1.00. The molecule has 0 bridgehead atoms. The van der Waals surface area contributed by atoms with Crippen molar-refractivity contribution in [3.05, 3.63) is 0 Å². The van der Waals surface area contributed by atoms with Crippen LogP contribution in [-0.2, 0) is 0 Å². The number of rotatable bonds is 9. The van der Waals surface area contributed by atoms with E-state index in [1.54, 1.807) is 0 Å². The largest absolute Gasteiger partial charge is 0.314 e. The minimum Gasteiger partial charge on any atom is -0.314 e. The predicted octanol–water partition coefficient (Wildman–Crippen LogP) is 2.50. The summed E-state index contributed by atoms with van der Waals surface area (Å²) in [5, 5.41) is 3.51. The molecule has 2 aliphatic rings. The van der Waals surface area contributed by atoms with E-state index in [2.05, 4.69) is 24.1 Å². The van der Waals surface area contributed by atoms with E-state index in [9.17, 15) is 0 Å². The van der Waals surface area contributed by atoms with Crippen LogP contribution in [0.3, 0.4) is 0 Å². The number of hydrogen-bond donors (Lipinski definition) is 1. The summed E-state index contributed by atoms with van der Waals surface area (Å²) in [6.07, 6.45) is 7.28. The first kappa shape index (κ1) is 12.4. The van der Waals surface area contributed by atoms with Crippen LogP contribution >= 0.6 is 0 Å². The summed E-state index contributed by atoms with van der Waals surface area (Å²) in [5.41, 5.74) is 0. The molecule has 0 aromatic carbocycles. The minimum absolute atomic E-state index is 0.639. The van der Waals surface area contributed by atoms with E-state index >= 15 is 0 Å². The summed E-state index contributed by atoms with van der Waals surface area (Å²) < 4.78 is 0. The molecule has 16 heavy (non-hydrogen) atoms. The first-order valence-corrected chi connectivity index (χ1v) is 7.20. The molecule has 2 aliphatic carbocycles. The maximum absolute atomic E-state index is 3.51. The lowest BCUT2D eigenvalue weighted by Gasteiger charge is -2.22. The zero-order valence-corrected chi connectivity index (χ0v) is 11.0. The van der Waals surface area contributed by atoms with Gasteiger partial charge < -0.3 is 10.2 Å². The summed E-state index contributed by atoms with van der Waals surface area (Å²) in [6.45, 7) is 9.73. The Hall–Kier alpha value is -0.0800. The monoisotopic (exact) mass is 224 g/mol. The van der Waals surface area contributed by atoms with Gasteiger partial charge in [0.25, 0.3) is 0 Å². The standard InChI is InChI=1S/C14H28N2/c1-12(2)15-8-3-9-16(10-13-4-5-13)11-14-6-7-14/h12-15H,3-11H2,1-2H3. The van der Waals surface area contributed by atoms with Gasteiger partial charge in [-0.25, -0.2) is 0 Å². The van der Waals surface area contributed by atoms with Crippen molar-refractivity contribution in [2.45, 2.75) is 52.0 Å². The van der Waals surface area contributed by atoms with Crippen LogP contribution in [0.2, 0.25) is 0 Å². The first-order chi connectivity index (χ1) is 7.74. The van der Waals surface area contributed by atoms with Gasteiger partial charge in [-0.3, -0.25) is 0 Å². The van der Waals surface area contributed by atoms with Crippen molar-refractivity contribution in [2.75, 3.05) is 26.2 Å². The SMILES string of the molecule is CC(C)NCCCN(CC1CC1)CC1CC1. The van der Waals surface area contributed by atoms with E-state index < -0.39 is 0 Å². The average Bonchev–Trinajstić information content (AvgIpc) is 3.06. The first-order valence-electron chi connectivity index (χ1n) is 7.20. The van der Waals surface area contributed by atoms with E-state index in [1.165, 1.54) is 58.3 Å². The van der Waals surface area contributed by atoms with Crippen molar-refractivity contribution in [1.82, 2.24) is 10.2 Å². The molecule has 0 aromatic rings.